The van der Waals surface area contributed by atoms with Gasteiger partial charge in [0.1, 0.15) is 19.3 Å². The van der Waals surface area contributed by atoms with Crippen LogP contribution >= 0.6 is 0 Å². The molecule has 4 N–H and O–H groups in total. The molecule has 2 rings (SSSR count). The summed E-state index contributed by atoms with van der Waals surface area (Å²) in [4.78, 5) is 62.7. The van der Waals surface area contributed by atoms with Crippen LogP contribution in [0.5, 0.6) is 0 Å². The molecule has 0 aliphatic heterocycles. The van der Waals surface area contributed by atoms with Crippen molar-refractivity contribution in [1.29, 1.82) is 0 Å². The van der Waals surface area contributed by atoms with Crippen molar-refractivity contribution in [2.45, 2.75) is 57.4 Å². The molecule has 0 unspecified atom stereocenters. The van der Waals surface area contributed by atoms with Crippen LogP contribution < -0.4 is 21.3 Å². The molecule has 0 aliphatic carbocycles. The summed E-state index contributed by atoms with van der Waals surface area (Å²) in [7, 11) is 3.14. The molecule has 15 nitrogen and oxygen atoms in total. The second kappa shape index (κ2) is 31.0. The van der Waals surface area contributed by atoms with Crippen molar-refractivity contribution in [2.75, 3.05) is 93.4 Å². The van der Waals surface area contributed by atoms with Gasteiger partial charge in [-0.15, -0.1) is 0 Å². The molecular formula is C40H60N4O11. The van der Waals surface area contributed by atoms with Crippen LogP contribution in [0.15, 0.2) is 54.6 Å². The smallest absolute Gasteiger partial charge is 0.246 e. The van der Waals surface area contributed by atoms with Crippen LogP contribution in [0, 0.1) is 0 Å². The van der Waals surface area contributed by atoms with Gasteiger partial charge in [-0.25, -0.2) is 0 Å². The Bertz CT molecular complexity index is 1360. The predicted molar refractivity (Wildman–Crippen MR) is 205 cm³/mol. The molecule has 5 amide bonds. The lowest BCUT2D eigenvalue weighted by molar-refractivity contribution is -0.132. The number of carbonyl (C=O) groups excluding carboxylic acids is 5. The Labute approximate surface area is 324 Å². The van der Waals surface area contributed by atoms with Crippen LogP contribution in [0.1, 0.15) is 48.8 Å². The van der Waals surface area contributed by atoms with Crippen LogP contribution in [0.2, 0.25) is 0 Å². The molecule has 0 saturated carbocycles. The van der Waals surface area contributed by atoms with Crippen molar-refractivity contribution in [2.24, 2.45) is 0 Å². The third-order valence-electron chi connectivity index (χ3n) is 8.06. The van der Waals surface area contributed by atoms with E-state index in [9.17, 15) is 24.0 Å². The van der Waals surface area contributed by atoms with Crippen molar-refractivity contribution in [3.05, 3.63) is 71.3 Å². The summed E-state index contributed by atoms with van der Waals surface area (Å²) in [5.41, 5.74) is 3.32. The van der Waals surface area contributed by atoms with Crippen molar-refractivity contribution in [3.8, 4) is 0 Å². The van der Waals surface area contributed by atoms with Crippen LogP contribution in [0.3, 0.4) is 0 Å². The van der Waals surface area contributed by atoms with Gasteiger partial charge >= 0.3 is 0 Å². The van der Waals surface area contributed by atoms with E-state index in [4.69, 9.17) is 28.4 Å². The van der Waals surface area contributed by atoms with Gasteiger partial charge in [0.25, 0.3) is 0 Å². The average Bonchev–Trinajstić information content (AvgIpc) is 3.18. The number of unbranched alkanes of at least 4 members (excludes halogenated alkanes) is 1. The Morgan fingerprint density at radius 3 is 1.71 bits per heavy atom. The molecule has 55 heavy (non-hydrogen) atoms. The largest absolute Gasteiger partial charge is 0.382 e. The first-order chi connectivity index (χ1) is 26.8. The van der Waals surface area contributed by atoms with E-state index >= 15 is 0 Å². The number of ether oxygens (including phenoxy) is 6. The summed E-state index contributed by atoms with van der Waals surface area (Å²) in [5, 5.41) is 10.4. The van der Waals surface area contributed by atoms with E-state index < -0.39 is 29.7 Å². The average molecular weight is 773 g/mol. The Morgan fingerprint density at radius 2 is 1.09 bits per heavy atom. The number of imide groups is 1. The highest BCUT2D eigenvalue weighted by Gasteiger charge is 2.21. The molecule has 15 heteroatoms. The van der Waals surface area contributed by atoms with Gasteiger partial charge in [-0.2, -0.15) is 0 Å². The third-order valence-corrected chi connectivity index (χ3v) is 8.06. The highest BCUT2D eigenvalue weighted by Crippen LogP contribution is 2.11. The molecule has 0 saturated heterocycles. The van der Waals surface area contributed by atoms with E-state index in [0.29, 0.717) is 39.5 Å². The molecule has 0 aliphatic rings. The highest BCUT2D eigenvalue weighted by molar-refractivity contribution is 5.96. The third kappa shape index (κ3) is 24.7. The minimum absolute atomic E-state index is 0.0494. The van der Waals surface area contributed by atoms with Crippen molar-refractivity contribution in [3.63, 3.8) is 0 Å². The summed E-state index contributed by atoms with van der Waals surface area (Å²) >= 11 is 0. The monoisotopic (exact) mass is 772 g/mol. The van der Waals surface area contributed by atoms with Gasteiger partial charge in [0.15, 0.2) is 0 Å². The summed E-state index contributed by atoms with van der Waals surface area (Å²) in [6.45, 7) is 2.54. The van der Waals surface area contributed by atoms with E-state index in [2.05, 4.69) is 45.5 Å². The molecule has 0 aromatic heterocycles. The molecule has 0 radical (unpaired) electrons. The maximum absolute atomic E-state index is 13.0. The highest BCUT2D eigenvalue weighted by atomic mass is 16.5. The van der Waals surface area contributed by atoms with E-state index in [1.165, 1.54) is 11.1 Å². The first kappa shape index (κ1) is 46.9. The lowest BCUT2D eigenvalue weighted by Gasteiger charge is -2.19. The molecule has 0 heterocycles. The number of nitrogens with one attached hydrogen (secondary N) is 4. The predicted octanol–water partition coefficient (Wildman–Crippen LogP) is 1.68. The Kier molecular flexibility index (Phi) is 26.4. The van der Waals surface area contributed by atoms with Gasteiger partial charge in [0.2, 0.25) is 29.5 Å². The second-order valence-corrected chi connectivity index (χ2v) is 12.6. The lowest BCUT2D eigenvalue weighted by Crippen LogP contribution is -2.48. The maximum Gasteiger partial charge on any atom is 0.246 e. The summed E-state index contributed by atoms with van der Waals surface area (Å²) in [5.74, 6) is -2.33. The number of hydrogen-bond acceptors (Lipinski definition) is 11. The normalized spacial score (nSPS) is 11.5. The topological polar surface area (TPSA) is 189 Å². The first-order valence-corrected chi connectivity index (χ1v) is 18.9. The van der Waals surface area contributed by atoms with Crippen LogP contribution in [-0.2, 0) is 71.7 Å². The molecule has 1 atom stereocenters. The zero-order chi connectivity index (χ0) is 39.8. The van der Waals surface area contributed by atoms with E-state index in [1.54, 1.807) is 14.2 Å². The standard InChI is InChI=1S/C40H60N4O11/c1-50-21-23-52-25-27-54-30-38(47)41-19-8-13-35(43-39(48)31-55-28-26-53-24-22-51-2)40(49)42-20-18-36(45)44-37(46)29-34-16-14-33(15-17-34)12-7-6-11-32-9-4-3-5-10-32/h3-5,9-10,14-17,35H,6-8,11-13,18-31H2,1-2H3,(H,41,47)(H,42,49)(H,43,48)(H,44,45,46)/t35-/m0/s1. The van der Waals surface area contributed by atoms with Crippen molar-refractivity contribution in [1.82, 2.24) is 21.3 Å². The Hall–Kier alpha value is -4.25. The zero-order valence-electron chi connectivity index (χ0n) is 32.4. The van der Waals surface area contributed by atoms with E-state index in [0.717, 1.165) is 31.2 Å². The van der Waals surface area contributed by atoms with Gasteiger partial charge in [-0.1, -0.05) is 54.6 Å². The maximum atomic E-state index is 13.0. The van der Waals surface area contributed by atoms with Gasteiger partial charge in [0.05, 0.1) is 59.3 Å². The van der Waals surface area contributed by atoms with E-state index in [1.807, 2.05) is 30.3 Å². The number of hydrogen-bond donors (Lipinski definition) is 4. The quantitative estimate of drug-likeness (QED) is 0.0793. The minimum atomic E-state index is -0.956. The van der Waals surface area contributed by atoms with Crippen LogP contribution in [0.4, 0.5) is 0 Å². The Morgan fingerprint density at radius 1 is 0.545 bits per heavy atom. The second-order valence-electron chi connectivity index (χ2n) is 12.6. The molecule has 306 valence electrons. The fourth-order valence-electron chi connectivity index (χ4n) is 5.14. The number of amides is 5. The lowest BCUT2D eigenvalue weighted by atomic mass is 10.0. The molecule has 0 fully saturated rings. The van der Waals surface area contributed by atoms with Crippen LogP contribution in [0.25, 0.3) is 0 Å². The fraction of sp³-hybridized carbons (Fsp3) is 0.575. The molecule has 2 aromatic rings. The van der Waals surface area contributed by atoms with Crippen LogP contribution in [-0.4, -0.2) is 129 Å². The minimum Gasteiger partial charge on any atom is -0.382 e. The summed E-state index contributed by atoms with van der Waals surface area (Å²) in [6.07, 6.45) is 4.63. The number of carbonyl (C=O) groups is 5. The molecule has 2 aromatic carbocycles. The van der Waals surface area contributed by atoms with E-state index in [-0.39, 0.29) is 71.3 Å². The van der Waals surface area contributed by atoms with Gasteiger partial charge < -0.3 is 44.4 Å². The molecule has 0 bridgehead atoms. The van der Waals surface area contributed by atoms with Crippen molar-refractivity contribution < 1.29 is 52.4 Å². The number of benzene rings is 2. The zero-order valence-corrected chi connectivity index (χ0v) is 32.4. The summed E-state index contributed by atoms with van der Waals surface area (Å²) < 4.78 is 31.0. The SMILES string of the molecule is COCCOCCOCC(=O)NCCC[C@H](NC(=O)COCCOCCOC)C(=O)NCCC(=O)NC(=O)Cc1ccc(CCCCc2ccccc2)cc1. The van der Waals surface area contributed by atoms with Gasteiger partial charge in [-0.3, -0.25) is 29.3 Å². The number of rotatable bonds is 32. The molecular weight excluding hydrogens is 712 g/mol. The Balaban J connectivity index is 1.72. The van der Waals surface area contributed by atoms with Gasteiger partial charge in [-0.05, 0) is 55.2 Å². The number of aryl methyl sites for hydroxylation is 2. The van der Waals surface area contributed by atoms with Gasteiger partial charge in [0, 0.05) is 33.7 Å². The first-order valence-electron chi connectivity index (χ1n) is 18.9. The summed E-state index contributed by atoms with van der Waals surface area (Å²) in [6, 6.07) is 17.3. The molecule has 0 spiro atoms. The van der Waals surface area contributed by atoms with Crippen molar-refractivity contribution >= 4 is 29.5 Å². The fourth-order valence-corrected chi connectivity index (χ4v) is 5.14. The number of methoxy groups -OCH3 is 2.